The highest BCUT2D eigenvalue weighted by Gasteiger charge is 2.14. The summed E-state index contributed by atoms with van der Waals surface area (Å²) in [4.78, 5) is 13.9. The second-order valence-electron chi connectivity index (χ2n) is 6.93. The first-order valence-corrected chi connectivity index (χ1v) is 10.1. The average Bonchev–Trinajstić information content (AvgIpc) is 3.50. The van der Waals surface area contributed by atoms with Gasteiger partial charge in [0.05, 0.1) is 11.7 Å². The molecule has 0 radical (unpaired) electrons. The monoisotopic (exact) mass is 411 g/mol. The lowest BCUT2D eigenvalue weighted by atomic mass is 10.1. The molecule has 3 heterocycles. The minimum Gasteiger partial charge on any atom is -0.322 e. The van der Waals surface area contributed by atoms with Gasteiger partial charge in [0.15, 0.2) is 0 Å². The van der Waals surface area contributed by atoms with E-state index in [-0.39, 0.29) is 5.91 Å². The molecule has 2 N–H and O–H groups in total. The van der Waals surface area contributed by atoms with Crippen molar-refractivity contribution in [3.63, 3.8) is 0 Å². The summed E-state index contributed by atoms with van der Waals surface area (Å²) >= 11 is 1.71. The van der Waals surface area contributed by atoms with Crippen molar-refractivity contribution in [1.29, 1.82) is 0 Å². The lowest BCUT2D eigenvalue weighted by molar-refractivity contribution is 0.102. The Labute approximate surface area is 173 Å². The molecule has 0 atom stereocenters. The topological polar surface area (TPSA) is 96.7 Å². The van der Waals surface area contributed by atoms with Crippen molar-refractivity contribution < 1.29 is 9.42 Å². The minimum atomic E-state index is -0.231. The van der Waals surface area contributed by atoms with E-state index in [9.17, 15) is 4.79 Å². The van der Waals surface area contributed by atoms with E-state index in [4.69, 9.17) is 4.63 Å². The number of hydrogen-bond donors (Lipinski definition) is 2. The van der Waals surface area contributed by atoms with Gasteiger partial charge in [0.2, 0.25) is 0 Å². The smallest absolute Gasteiger partial charge is 0.255 e. The van der Waals surface area contributed by atoms with E-state index >= 15 is 0 Å². The van der Waals surface area contributed by atoms with Gasteiger partial charge in [-0.25, -0.2) is 4.63 Å². The maximum Gasteiger partial charge on any atom is 0.255 e. The maximum atomic E-state index is 12.8. The lowest BCUT2D eigenvalue weighted by Crippen LogP contribution is -2.11. The highest BCUT2D eigenvalue weighted by Crippen LogP contribution is 2.38. The molecule has 0 bridgehead atoms. The normalized spacial score (nSPS) is 11.5. The Hall–Kier alpha value is -4.04. The first kappa shape index (κ1) is 16.9. The van der Waals surface area contributed by atoms with Crippen molar-refractivity contribution in [2.45, 2.75) is 0 Å². The fourth-order valence-corrected chi connectivity index (χ4v) is 4.65. The van der Waals surface area contributed by atoms with Crippen LogP contribution >= 0.6 is 11.3 Å². The Bertz CT molecular complexity index is 1530. The van der Waals surface area contributed by atoms with E-state index in [1.54, 1.807) is 35.7 Å². The molecular formula is C22H13N5O2S. The number of amides is 1. The van der Waals surface area contributed by atoms with Crippen LogP contribution in [0.1, 0.15) is 10.4 Å². The number of aromatic amines is 1. The van der Waals surface area contributed by atoms with Crippen molar-refractivity contribution in [3.05, 3.63) is 72.4 Å². The maximum absolute atomic E-state index is 12.8. The molecule has 0 aliphatic heterocycles. The molecule has 1 amide bonds. The van der Waals surface area contributed by atoms with Crippen LogP contribution in [0, 0.1) is 0 Å². The van der Waals surface area contributed by atoms with Crippen LogP contribution in [0.5, 0.6) is 0 Å². The van der Waals surface area contributed by atoms with Gasteiger partial charge in [0, 0.05) is 31.8 Å². The number of hydrogen-bond acceptors (Lipinski definition) is 6. The quantitative estimate of drug-likeness (QED) is 0.415. The molecule has 8 heteroatoms. The molecule has 0 fully saturated rings. The van der Waals surface area contributed by atoms with Crippen molar-refractivity contribution in [2.75, 3.05) is 5.32 Å². The molecule has 6 rings (SSSR count). The Morgan fingerprint density at radius 3 is 2.80 bits per heavy atom. The fraction of sp³-hybridized carbons (Fsp3) is 0. The highest BCUT2D eigenvalue weighted by atomic mass is 32.1. The SMILES string of the molecule is O=C(Nc1cc(-c2cc3ccccc3s2)c2[nH]ncc2c1)c1ccc2nonc2c1. The Balaban J connectivity index is 1.41. The second kappa shape index (κ2) is 6.50. The largest absolute Gasteiger partial charge is 0.322 e. The molecule has 0 unspecified atom stereocenters. The van der Waals surface area contributed by atoms with Crippen LogP contribution in [-0.2, 0) is 0 Å². The molecule has 7 nitrogen and oxygen atoms in total. The van der Waals surface area contributed by atoms with E-state index in [0.717, 1.165) is 21.3 Å². The number of carbonyl (C=O) groups excluding carboxylic acids is 1. The van der Waals surface area contributed by atoms with Crippen molar-refractivity contribution in [2.24, 2.45) is 0 Å². The molecular weight excluding hydrogens is 398 g/mol. The van der Waals surface area contributed by atoms with E-state index < -0.39 is 0 Å². The summed E-state index contributed by atoms with van der Waals surface area (Å²) in [5.41, 5.74) is 4.26. The Morgan fingerprint density at radius 1 is 0.967 bits per heavy atom. The predicted molar refractivity (Wildman–Crippen MR) is 117 cm³/mol. The first-order chi connectivity index (χ1) is 14.7. The van der Waals surface area contributed by atoms with Crippen LogP contribution in [0.15, 0.2) is 71.5 Å². The van der Waals surface area contributed by atoms with Gasteiger partial charge >= 0.3 is 0 Å². The van der Waals surface area contributed by atoms with E-state index in [1.165, 1.54) is 10.1 Å². The summed E-state index contributed by atoms with van der Waals surface area (Å²) in [5.74, 6) is -0.231. The zero-order chi connectivity index (χ0) is 20.1. The summed E-state index contributed by atoms with van der Waals surface area (Å²) in [7, 11) is 0. The standard InChI is InChI=1S/C22H13N5O2S/c28-22(13-5-6-17-18(8-13)27-29-26-17)24-15-7-14-11-23-25-21(14)16(10-15)20-9-12-3-1-2-4-19(12)30-20/h1-11H,(H,23,25)(H,24,28). The minimum absolute atomic E-state index is 0.231. The number of nitrogens with one attached hydrogen (secondary N) is 2. The van der Waals surface area contributed by atoms with Gasteiger partial charge < -0.3 is 5.32 Å². The molecule has 0 aliphatic carbocycles. The predicted octanol–water partition coefficient (Wildman–Crippen LogP) is 5.23. The number of aromatic nitrogens is 4. The molecule has 0 saturated carbocycles. The number of nitrogens with zero attached hydrogens (tertiary/aromatic N) is 3. The molecule has 0 saturated heterocycles. The van der Waals surface area contributed by atoms with Crippen molar-refractivity contribution >= 4 is 55.0 Å². The number of rotatable bonds is 3. The van der Waals surface area contributed by atoms with Crippen LogP contribution in [-0.4, -0.2) is 26.4 Å². The molecule has 0 aliphatic rings. The van der Waals surface area contributed by atoms with Crippen LogP contribution in [0.4, 0.5) is 5.69 Å². The third kappa shape index (κ3) is 2.73. The van der Waals surface area contributed by atoms with Crippen LogP contribution in [0.3, 0.4) is 0 Å². The van der Waals surface area contributed by atoms with E-state index in [1.807, 2.05) is 24.3 Å². The van der Waals surface area contributed by atoms with Crippen LogP contribution in [0.25, 0.3) is 42.5 Å². The van der Waals surface area contributed by atoms with Gasteiger partial charge in [-0.1, -0.05) is 18.2 Å². The number of H-pyrrole nitrogens is 1. The summed E-state index contributed by atoms with van der Waals surface area (Å²) in [6.07, 6.45) is 1.76. The van der Waals surface area contributed by atoms with Gasteiger partial charge in [-0.2, -0.15) is 5.10 Å². The third-order valence-corrected chi connectivity index (χ3v) is 6.16. The van der Waals surface area contributed by atoms with Gasteiger partial charge in [-0.3, -0.25) is 9.89 Å². The second-order valence-corrected chi connectivity index (χ2v) is 8.01. The zero-order valence-corrected chi connectivity index (χ0v) is 16.2. The highest BCUT2D eigenvalue weighted by molar-refractivity contribution is 7.22. The number of carbonyl (C=O) groups is 1. The molecule has 0 spiro atoms. The summed E-state index contributed by atoms with van der Waals surface area (Å²) < 4.78 is 5.92. The Kier molecular flexibility index (Phi) is 3.65. The molecule has 30 heavy (non-hydrogen) atoms. The van der Waals surface area contributed by atoms with E-state index in [0.29, 0.717) is 22.3 Å². The number of benzene rings is 3. The van der Waals surface area contributed by atoms with Gasteiger partial charge in [0.25, 0.3) is 5.91 Å². The number of thiophene rings is 1. The van der Waals surface area contributed by atoms with Gasteiger partial charge in [0.1, 0.15) is 11.0 Å². The summed E-state index contributed by atoms with van der Waals surface area (Å²) in [5, 5.41) is 19.9. The molecule has 6 aromatic rings. The van der Waals surface area contributed by atoms with Crippen molar-refractivity contribution in [1.82, 2.24) is 20.5 Å². The van der Waals surface area contributed by atoms with Crippen molar-refractivity contribution in [3.8, 4) is 10.4 Å². The summed E-state index contributed by atoms with van der Waals surface area (Å²) in [6, 6.07) is 19.4. The van der Waals surface area contributed by atoms with E-state index in [2.05, 4.69) is 44.0 Å². The fourth-order valence-electron chi connectivity index (χ4n) is 3.57. The van der Waals surface area contributed by atoms with Crippen LogP contribution < -0.4 is 5.32 Å². The van der Waals surface area contributed by atoms with Gasteiger partial charge in [-0.15, -0.1) is 11.3 Å². The average molecular weight is 411 g/mol. The third-order valence-electron chi connectivity index (χ3n) is 5.01. The number of anilines is 1. The van der Waals surface area contributed by atoms with Gasteiger partial charge in [-0.05, 0) is 58.2 Å². The molecule has 3 aromatic heterocycles. The molecule has 144 valence electrons. The van der Waals surface area contributed by atoms with Crippen LogP contribution in [0.2, 0.25) is 0 Å². The Morgan fingerprint density at radius 2 is 1.87 bits per heavy atom. The summed E-state index contributed by atoms with van der Waals surface area (Å²) in [6.45, 7) is 0. The first-order valence-electron chi connectivity index (χ1n) is 9.24. The lowest BCUT2D eigenvalue weighted by Gasteiger charge is -2.08. The number of fused-ring (bicyclic) bond motifs is 3. The molecule has 3 aromatic carbocycles. The zero-order valence-electron chi connectivity index (χ0n) is 15.4.